The maximum absolute atomic E-state index is 5.83. The highest BCUT2D eigenvalue weighted by atomic mass is 15.2. The van der Waals surface area contributed by atoms with Gasteiger partial charge in [0.15, 0.2) is 0 Å². The molecule has 102 valence electrons. The molecule has 1 unspecified atom stereocenters. The summed E-state index contributed by atoms with van der Waals surface area (Å²) < 4.78 is 0. The molecule has 2 heteroatoms. The lowest BCUT2D eigenvalue weighted by Gasteiger charge is -2.57. The van der Waals surface area contributed by atoms with Crippen LogP contribution in [0.4, 0.5) is 0 Å². The topological polar surface area (TPSA) is 38.0 Å². The fourth-order valence-electron chi connectivity index (χ4n) is 6.03. The second kappa shape index (κ2) is 4.21. The Balaban J connectivity index is 1.45. The van der Waals surface area contributed by atoms with Crippen LogP contribution in [0.25, 0.3) is 0 Å². The van der Waals surface area contributed by atoms with Crippen molar-refractivity contribution in [3.63, 3.8) is 0 Å². The molecule has 0 spiro atoms. The average molecular weight is 248 g/mol. The zero-order valence-corrected chi connectivity index (χ0v) is 11.5. The van der Waals surface area contributed by atoms with Gasteiger partial charge in [-0.15, -0.1) is 0 Å². The fourth-order valence-corrected chi connectivity index (χ4v) is 6.03. The van der Waals surface area contributed by atoms with E-state index in [0.29, 0.717) is 11.5 Å². The first-order chi connectivity index (χ1) is 8.75. The first-order valence-corrected chi connectivity index (χ1v) is 8.21. The van der Waals surface area contributed by atoms with Crippen molar-refractivity contribution in [1.29, 1.82) is 0 Å². The molecule has 2 nitrogen and oxygen atoms in total. The van der Waals surface area contributed by atoms with E-state index >= 15 is 0 Å². The van der Waals surface area contributed by atoms with Gasteiger partial charge in [0.1, 0.15) is 0 Å². The molecule has 5 aliphatic rings. The Labute approximate surface area is 111 Å². The Hall–Kier alpha value is -0.0800. The molecule has 0 aliphatic heterocycles. The van der Waals surface area contributed by atoms with Crippen LogP contribution in [0.1, 0.15) is 64.2 Å². The number of hydrazine groups is 1. The molecule has 0 radical (unpaired) electrons. The van der Waals surface area contributed by atoms with E-state index in [1.165, 1.54) is 44.9 Å². The Bertz CT molecular complexity index is 286. The van der Waals surface area contributed by atoms with Crippen LogP contribution in [0.2, 0.25) is 0 Å². The molecule has 0 aromatic heterocycles. The largest absolute Gasteiger partial charge is 0.271 e. The number of hydrogen-bond donors (Lipinski definition) is 2. The van der Waals surface area contributed by atoms with Crippen molar-refractivity contribution < 1.29 is 0 Å². The molecule has 5 rings (SSSR count). The molecular formula is C16H28N2. The van der Waals surface area contributed by atoms with Crippen molar-refractivity contribution in [2.45, 2.75) is 70.3 Å². The summed E-state index contributed by atoms with van der Waals surface area (Å²) in [5, 5.41) is 0. The van der Waals surface area contributed by atoms with Gasteiger partial charge in [-0.1, -0.05) is 12.8 Å². The van der Waals surface area contributed by atoms with Crippen LogP contribution < -0.4 is 11.3 Å². The summed E-state index contributed by atoms with van der Waals surface area (Å²) in [6, 6.07) is 0.605. The van der Waals surface area contributed by atoms with E-state index in [4.69, 9.17) is 5.84 Å². The minimum atomic E-state index is 0.605. The van der Waals surface area contributed by atoms with Gasteiger partial charge < -0.3 is 0 Å². The minimum absolute atomic E-state index is 0.605. The van der Waals surface area contributed by atoms with Crippen molar-refractivity contribution in [1.82, 2.24) is 5.43 Å². The molecule has 3 N–H and O–H groups in total. The third kappa shape index (κ3) is 2.12. The zero-order chi connectivity index (χ0) is 12.2. The van der Waals surface area contributed by atoms with Crippen LogP contribution in [0, 0.1) is 29.1 Å². The average Bonchev–Trinajstić information content (AvgIpc) is 3.09. The molecule has 4 bridgehead atoms. The van der Waals surface area contributed by atoms with Crippen LogP contribution in [0.5, 0.6) is 0 Å². The van der Waals surface area contributed by atoms with Crippen LogP contribution in [-0.4, -0.2) is 6.04 Å². The molecular weight excluding hydrogens is 220 g/mol. The van der Waals surface area contributed by atoms with E-state index in [-0.39, 0.29) is 0 Å². The zero-order valence-electron chi connectivity index (χ0n) is 11.5. The minimum Gasteiger partial charge on any atom is -0.271 e. The van der Waals surface area contributed by atoms with Crippen molar-refractivity contribution in [2.24, 2.45) is 34.9 Å². The van der Waals surface area contributed by atoms with Gasteiger partial charge in [0.2, 0.25) is 0 Å². The Morgan fingerprint density at radius 1 is 1.00 bits per heavy atom. The lowest BCUT2D eigenvalue weighted by Crippen LogP contribution is -2.49. The second-order valence-corrected chi connectivity index (χ2v) is 8.16. The highest BCUT2D eigenvalue weighted by molar-refractivity contribution is 5.02. The van der Waals surface area contributed by atoms with Crippen LogP contribution in [0.3, 0.4) is 0 Å². The van der Waals surface area contributed by atoms with Crippen molar-refractivity contribution in [3.05, 3.63) is 0 Å². The molecule has 5 fully saturated rings. The number of rotatable bonds is 5. The quantitative estimate of drug-likeness (QED) is 0.579. The van der Waals surface area contributed by atoms with E-state index in [1.54, 1.807) is 19.3 Å². The van der Waals surface area contributed by atoms with Crippen molar-refractivity contribution >= 4 is 0 Å². The smallest absolute Gasteiger partial charge is 0.0218 e. The third-order valence-corrected chi connectivity index (χ3v) is 6.39. The summed E-state index contributed by atoms with van der Waals surface area (Å²) in [6.45, 7) is 0. The first kappa shape index (κ1) is 11.7. The molecule has 0 aromatic carbocycles. The summed E-state index contributed by atoms with van der Waals surface area (Å²) in [5.41, 5.74) is 3.84. The highest BCUT2D eigenvalue weighted by Crippen LogP contribution is 2.61. The van der Waals surface area contributed by atoms with Gasteiger partial charge in [-0.25, -0.2) is 0 Å². The van der Waals surface area contributed by atoms with Gasteiger partial charge >= 0.3 is 0 Å². The van der Waals surface area contributed by atoms with E-state index < -0.39 is 0 Å². The van der Waals surface area contributed by atoms with E-state index in [9.17, 15) is 0 Å². The lowest BCUT2D eigenvalue weighted by atomic mass is 9.48. The molecule has 5 saturated carbocycles. The van der Waals surface area contributed by atoms with Crippen LogP contribution in [0.15, 0.2) is 0 Å². The molecule has 5 aliphatic carbocycles. The number of nitrogens with one attached hydrogen (secondary N) is 1. The third-order valence-electron chi connectivity index (χ3n) is 6.39. The molecule has 1 atom stereocenters. The summed E-state index contributed by atoms with van der Waals surface area (Å²) in [4.78, 5) is 0. The van der Waals surface area contributed by atoms with E-state index in [2.05, 4.69) is 5.43 Å². The van der Waals surface area contributed by atoms with Crippen molar-refractivity contribution in [2.75, 3.05) is 0 Å². The normalized spacial score (nSPS) is 47.5. The van der Waals surface area contributed by atoms with E-state index in [1.807, 2.05) is 0 Å². The monoisotopic (exact) mass is 248 g/mol. The Kier molecular flexibility index (Phi) is 2.74. The van der Waals surface area contributed by atoms with Crippen LogP contribution in [-0.2, 0) is 0 Å². The predicted molar refractivity (Wildman–Crippen MR) is 73.7 cm³/mol. The molecule has 18 heavy (non-hydrogen) atoms. The molecule has 0 heterocycles. The maximum Gasteiger partial charge on any atom is 0.0218 e. The molecule has 0 aromatic rings. The highest BCUT2D eigenvalue weighted by Gasteiger charge is 2.51. The van der Waals surface area contributed by atoms with Gasteiger partial charge in [0.25, 0.3) is 0 Å². The van der Waals surface area contributed by atoms with Gasteiger partial charge in [0.05, 0.1) is 0 Å². The Morgan fingerprint density at radius 3 is 2.00 bits per heavy atom. The SMILES string of the molecule is NNC(CC1CC1)CC12CC3CC(CC(C3)C1)C2. The summed E-state index contributed by atoms with van der Waals surface area (Å²) in [5.74, 6) is 10.1. The fraction of sp³-hybridized carbons (Fsp3) is 1.00. The number of nitrogens with two attached hydrogens (primary N) is 1. The second-order valence-electron chi connectivity index (χ2n) is 8.16. The van der Waals surface area contributed by atoms with Crippen molar-refractivity contribution in [3.8, 4) is 0 Å². The summed E-state index contributed by atoms with van der Waals surface area (Å²) in [6.07, 6.45) is 14.9. The summed E-state index contributed by atoms with van der Waals surface area (Å²) in [7, 11) is 0. The summed E-state index contributed by atoms with van der Waals surface area (Å²) >= 11 is 0. The van der Waals surface area contributed by atoms with Gasteiger partial charge in [-0.3, -0.25) is 11.3 Å². The van der Waals surface area contributed by atoms with Gasteiger partial charge in [-0.05, 0) is 80.5 Å². The molecule has 0 amide bonds. The maximum atomic E-state index is 5.83. The van der Waals surface area contributed by atoms with E-state index in [0.717, 1.165) is 23.7 Å². The molecule has 0 saturated heterocycles. The first-order valence-electron chi connectivity index (χ1n) is 8.21. The van der Waals surface area contributed by atoms with Crippen LogP contribution >= 0.6 is 0 Å². The lowest BCUT2D eigenvalue weighted by molar-refractivity contribution is -0.0626. The predicted octanol–water partition coefficient (Wildman–Crippen LogP) is 3.22. The van der Waals surface area contributed by atoms with Gasteiger partial charge in [0, 0.05) is 6.04 Å². The Morgan fingerprint density at radius 2 is 1.56 bits per heavy atom. The van der Waals surface area contributed by atoms with Gasteiger partial charge in [-0.2, -0.15) is 0 Å². The number of hydrogen-bond acceptors (Lipinski definition) is 2. The standard InChI is InChI=1S/C16H28N2/c17-18-15(6-11-1-2-11)10-16-7-12-3-13(8-16)5-14(4-12)9-16/h11-15,18H,1-10,17H2.